The lowest BCUT2D eigenvalue weighted by Crippen LogP contribution is -1.98. The van der Waals surface area contributed by atoms with Crippen LogP contribution in [0.3, 0.4) is 0 Å². The number of unbranched alkanes of at least 4 members (excludes halogenated alkanes) is 4. The van der Waals surface area contributed by atoms with Gasteiger partial charge < -0.3 is 14.6 Å². The SMILES string of the molecule is CCCCCCCOc1ccc(COc2ccc(O)cc2)cc1. The summed E-state index contributed by atoms with van der Waals surface area (Å²) in [6.45, 7) is 3.51. The van der Waals surface area contributed by atoms with Crippen molar-refractivity contribution >= 4 is 0 Å². The third-order valence-electron chi connectivity index (χ3n) is 3.68. The Hall–Kier alpha value is -2.16. The van der Waals surface area contributed by atoms with E-state index >= 15 is 0 Å². The fourth-order valence-corrected chi connectivity index (χ4v) is 2.29. The molecule has 0 aromatic heterocycles. The summed E-state index contributed by atoms with van der Waals surface area (Å²) in [5.41, 5.74) is 1.09. The van der Waals surface area contributed by atoms with Crippen molar-refractivity contribution in [1.29, 1.82) is 0 Å². The zero-order valence-corrected chi connectivity index (χ0v) is 13.8. The summed E-state index contributed by atoms with van der Waals surface area (Å²) in [4.78, 5) is 0. The zero-order chi connectivity index (χ0) is 16.3. The van der Waals surface area contributed by atoms with Gasteiger partial charge in [0.05, 0.1) is 6.61 Å². The molecule has 0 aliphatic heterocycles. The zero-order valence-electron chi connectivity index (χ0n) is 13.8. The standard InChI is InChI=1S/C20H26O3/c1-2-3-4-5-6-15-22-19-11-7-17(8-12-19)16-23-20-13-9-18(21)10-14-20/h7-14,21H,2-6,15-16H2,1H3. The fourth-order valence-electron chi connectivity index (χ4n) is 2.29. The third kappa shape index (κ3) is 6.64. The van der Waals surface area contributed by atoms with Crippen molar-refractivity contribution in [2.75, 3.05) is 6.61 Å². The number of hydrogen-bond donors (Lipinski definition) is 1. The summed E-state index contributed by atoms with van der Waals surface area (Å²) in [7, 11) is 0. The molecular formula is C20H26O3. The highest BCUT2D eigenvalue weighted by atomic mass is 16.5. The predicted molar refractivity (Wildman–Crippen MR) is 93.1 cm³/mol. The summed E-state index contributed by atoms with van der Waals surface area (Å²) in [6, 6.07) is 14.8. The molecule has 23 heavy (non-hydrogen) atoms. The monoisotopic (exact) mass is 314 g/mol. The molecule has 1 N–H and O–H groups in total. The van der Waals surface area contributed by atoms with Crippen LogP contribution in [0.25, 0.3) is 0 Å². The lowest BCUT2D eigenvalue weighted by Gasteiger charge is -2.09. The van der Waals surface area contributed by atoms with Gasteiger partial charge in [0.1, 0.15) is 23.9 Å². The molecule has 0 radical (unpaired) electrons. The van der Waals surface area contributed by atoms with E-state index in [-0.39, 0.29) is 5.75 Å². The van der Waals surface area contributed by atoms with E-state index in [0.717, 1.165) is 30.1 Å². The van der Waals surface area contributed by atoms with Gasteiger partial charge in [-0.25, -0.2) is 0 Å². The van der Waals surface area contributed by atoms with E-state index < -0.39 is 0 Å². The van der Waals surface area contributed by atoms with Gasteiger partial charge in [-0.05, 0) is 48.4 Å². The van der Waals surface area contributed by atoms with Crippen LogP contribution in [0.5, 0.6) is 17.2 Å². The Morgan fingerprint density at radius 3 is 2.04 bits per heavy atom. The number of hydrogen-bond acceptors (Lipinski definition) is 3. The summed E-state index contributed by atoms with van der Waals surface area (Å²) >= 11 is 0. The highest BCUT2D eigenvalue weighted by molar-refractivity contribution is 5.31. The Morgan fingerprint density at radius 2 is 1.35 bits per heavy atom. The number of aromatic hydroxyl groups is 1. The number of ether oxygens (including phenoxy) is 2. The predicted octanol–water partition coefficient (Wildman–Crippen LogP) is 5.32. The van der Waals surface area contributed by atoms with Crippen molar-refractivity contribution in [3.63, 3.8) is 0 Å². The Bertz CT molecular complexity index is 546. The Labute approximate surface area is 138 Å². The molecule has 2 rings (SSSR count). The lowest BCUT2D eigenvalue weighted by atomic mass is 10.2. The van der Waals surface area contributed by atoms with Crippen molar-refractivity contribution in [3.05, 3.63) is 54.1 Å². The third-order valence-corrected chi connectivity index (χ3v) is 3.68. The van der Waals surface area contributed by atoms with Crippen LogP contribution in [-0.2, 0) is 6.61 Å². The molecule has 0 fully saturated rings. The van der Waals surface area contributed by atoms with Crippen LogP contribution < -0.4 is 9.47 Å². The van der Waals surface area contributed by atoms with Gasteiger partial charge >= 0.3 is 0 Å². The number of phenols is 1. The molecule has 3 heteroatoms. The maximum absolute atomic E-state index is 9.23. The van der Waals surface area contributed by atoms with Gasteiger partial charge in [0.2, 0.25) is 0 Å². The van der Waals surface area contributed by atoms with Crippen LogP contribution in [0.1, 0.15) is 44.6 Å². The number of rotatable bonds is 10. The minimum Gasteiger partial charge on any atom is -0.508 e. The van der Waals surface area contributed by atoms with E-state index in [4.69, 9.17) is 9.47 Å². The first-order valence-electron chi connectivity index (χ1n) is 8.41. The molecule has 2 aromatic carbocycles. The molecule has 0 saturated carbocycles. The van der Waals surface area contributed by atoms with Crippen LogP contribution >= 0.6 is 0 Å². The van der Waals surface area contributed by atoms with E-state index in [2.05, 4.69) is 6.92 Å². The van der Waals surface area contributed by atoms with E-state index in [0.29, 0.717) is 6.61 Å². The Morgan fingerprint density at radius 1 is 0.739 bits per heavy atom. The molecule has 0 aliphatic carbocycles. The number of benzene rings is 2. The van der Waals surface area contributed by atoms with Gasteiger partial charge in [-0.1, -0.05) is 44.7 Å². The second-order valence-electron chi connectivity index (χ2n) is 5.69. The lowest BCUT2D eigenvalue weighted by molar-refractivity contribution is 0.300. The first-order chi connectivity index (χ1) is 11.3. The molecular weight excluding hydrogens is 288 g/mol. The minimum absolute atomic E-state index is 0.244. The second kappa shape index (κ2) is 9.78. The van der Waals surface area contributed by atoms with Crippen molar-refractivity contribution in [2.45, 2.75) is 45.6 Å². The van der Waals surface area contributed by atoms with Crippen LogP contribution in [0.2, 0.25) is 0 Å². The van der Waals surface area contributed by atoms with Crippen molar-refractivity contribution in [2.24, 2.45) is 0 Å². The van der Waals surface area contributed by atoms with Crippen molar-refractivity contribution in [1.82, 2.24) is 0 Å². The summed E-state index contributed by atoms with van der Waals surface area (Å²) in [5, 5.41) is 9.23. The van der Waals surface area contributed by atoms with Crippen molar-refractivity contribution in [3.8, 4) is 17.2 Å². The van der Waals surface area contributed by atoms with Crippen LogP contribution in [0, 0.1) is 0 Å². The largest absolute Gasteiger partial charge is 0.508 e. The highest BCUT2D eigenvalue weighted by Gasteiger charge is 1.99. The highest BCUT2D eigenvalue weighted by Crippen LogP contribution is 2.18. The molecule has 124 valence electrons. The molecule has 3 nitrogen and oxygen atoms in total. The number of phenolic OH excluding ortho intramolecular Hbond substituents is 1. The van der Waals surface area contributed by atoms with Crippen LogP contribution in [-0.4, -0.2) is 11.7 Å². The van der Waals surface area contributed by atoms with Crippen LogP contribution in [0.15, 0.2) is 48.5 Å². The molecule has 0 spiro atoms. The van der Waals surface area contributed by atoms with E-state index in [1.807, 2.05) is 24.3 Å². The summed E-state index contributed by atoms with van der Waals surface area (Å²) in [6.07, 6.45) is 6.25. The molecule has 0 heterocycles. The van der Waals surface area contributed by atoms with Gasteiger partial charge in [0.25, 0.3) is 0 Å². The first kappa shape index (κ1) is 17.2. The molecule has 0 unspecified atom stereocenters. The Balaban J connectivity index is 1.68. The molecule has 0 saturated heterocycles. The van der Waals surface area contributed by atoms with Gasteiger partial charge in [0.15, 0.2) is 0 Å². The van der Waals surface area contributed by atoms with Gasteiger partial charge in [-0.15, -0.1) is 0 Å². The molecule has 2 aromatic rings. The summed E-state index contributed by atoms with van der Waals surface area (Å²) in [5.74, 6) is 1.90. The molecule has 0 atom stereocenters. The van der Waals surface area contributed by atoms with Gasteiger partial charge in [-0.2, -0.15) is 0 Å². The maximum Gasteiger partial charge on any atom is 0.120 e. The average Bonchev–Trinajstić information content (AvgIpc) is 2.58. The second-order valence-corrected chi connectivity index (χ2v) is 5.69. The quantitative estimate of drug-likeness (QED) is 0.603. The fraction of sp³-hybridized carbons (Fsp3) is 0.400. The average molecular weight is 314 g/mol. The molecule has 0 aliphatic rings. The van der Waals surface area contributed by atoms with E-state index in [9.17, 15) is 5.11 Å². The molecule has 0 bridgehead atoms. The smallest absolute Gasteiger partial charge is 0.120 e. The van der Waals surface area contributed by atoms with Crippen molar-refractivity contribution < 1.29 is 14.6 Å². The van der Waals surface area contributed by atoms with Crippen LogP contribution in [0.4, 0.5) is 0 Å². The first-order valence-corrected chi connectivity index (χ1v) is 8.41. The normalized spacial score (nSPS) is 10.5. The Kier molecular flexibility index (Phi) is 7.31. The minimum atomic E-state index is 0.244. The van der Waals surface area contributed by atoms with Gasteiger partial charge in [0, 0.05) is 0 Å². The molecule has 0 amide bonds. The maximum atomic E-state index is 9.23. The van der Waals surface area contributed by atoms with Gasteiger partial charge in [-0.3, -0.25) is 0 Å². The topological polar surface area (TPSA) is 38.7 Å². The summed E-state index contributed by atoms with van der Waals surface area (Å²) < 4.78 is 11.4. The van der Waals surface area contributed by atoms with E-state index in [1.165, 1.54) is 25.7 Å². The van der Waals surface area contributed by atoms with E-state index in [1.54, 1.807) is 24.3 Å².